The lowest BCUT2D eigenvalue weighted by Crippen LogP contribution is -2.58. The molecule has 0 saturated carbocycles. The van der Waals surface area contributed by atoms with Crippen molar-refractivity contribution in [1.29, 1.82) is 0 Å². The van der Waals surface area contributed by atoms with E-state index >= 15 is 0 Å². The Hall–Kier alpha value is -0.780. The van der Waals surface area contributed by atoms with Crippen LogP contribution in [0.1, 0.15) is 33.6 Å². The minimum Gasteiger partial charge on any atom is -0.339 e. The molecule has 0 N–H and O–H groups in total. The highest BCUT2D eigenvalue weighted by atomic mass is 19.4. The van der Waals surface area contributed by atoms with Gasteiger partial charge in [0.1, 0.15) is 6.04 Å². The van der Waals surface area contributed by atoms with Crippen molar-refractivity contribution in [1.82, 2.24) is 9.80 Å². The van der Waals surface area contributed by atoms with Gasteiger partial charge >= 0.3 is 6.18 Å². The molecule has 0 aromatic heterocycles. The zero-order valence-electron chi connectivity index (χ0n) is 11.5. The van der Waals surface area contributed by atoms with Gasteiger partial charge in [-0.2, -0.15) is 13.2 Å². The fraction of sp³-hybridized carbons (Fsp3) is 0.917. The van der Waals surface area contributed by atoms with Gasteiger partial charge in [0.25, 0.3) is 0 Å². The molecule has 1 rings (SSSR count). The SMILES string of the molecule is CC.CCCC(=O)N1CCN(C)C(C(F)(F)F)C1. The first-order valence-corrected chi connectivity index (χ1v) is 6.41. The Labute approximate surface area is 107 Å². The van der Waals surface area contributed by atoms with E-state index in [-0.39, 0.29) is 19.0 Å². The highest BCUT2D eigenvalue weighted by Gasteiger charge is 2.45. The molecule has 0 aromatic carbocycles. The van der Waals surface area contributed by atoms with E-state index in [1.54, 1.807) is 0 Å². The number of carbonyl (C=O) groups is 1. The topological polar surface area (TPSA) is 23.6 Å². The molecule has 1 saturated heterocycles. The number of halogens is 3. The molecule has 0 aliphatic carbocycles. The van der Waals surface area contributed by atoms with Crippen molar-refractivity contribution >= 4 is 5.91 Å². The molecule has 1 heterocycles. The number of alkyl halides is 3. The third kappa shape index (κ3) is 4.84. The fourth-order valence-electron chi connectivity index (χ4n) is 1.83. The Kier molecular flexibility index (Phi) is 7.28. The summed E-state index contributed by atoms with van der Waals surface area (Å²) in [5.74, 6) is -0.176. The Bertz CT molecular complexity index is 256. The number of hydrogen-bond donors (Lipinski definition) is 0. The van der Waals surface area contributed by atoms with Crippen molar-refractivity contribution in [3.8, 4) is 0 Å². The van der Waals surface area contributed by atoms with Crippen molar-refractivity contribution in [2.24, 2.45) is 0 Å². The molecule has 0 aromatic rings. The third-order valence-corrected chi connectivity index (χ3v) is 2.84. The monoisotopic (exact) mass is 268 g/mol. The molecule has 0 radical (unpaired) electrons. The molecule has 1 unspecified atom stereocenters. The van der Waals surface area contributed by atoms with Crippen LogP contribution >= 0.6 is 0 Å². The van der Waals surface area contributed by atoms with Crippen LogP contribution in [0, 0.1) is 0 Å². The van der Waals surface area contributed by atoms with E-state index in [0.717, 1.165) is 0 Å². The molecule has 6 heteroatoms. The van der Waals surface area contributed by atoms with Crippen molar-refractivity contribution in [2.45, 2.75) is 45.8 Å². The smallest absolute Gasteiger partial charge is 0.339 e. The molecule has 1 amide bonds. The van der Waals surface area contributed by atoms with Crippen molar-refractivity contribution < 1.29 is 18.0 Å². The summed E-state index contributed by atoms with van der Waals surface area (Å²) in [6, 6.07) is -1.53. The number of amides is 1. The summed E-state index contributed by atoms with van der Waals surface area (Å²) >= 11 is 0. The van der Waals surface area contributed by atoms with Gasteiger partial charge in [0.15, 0.2) is 0 Å². The quantitative estimate of drug-likeness (QED) is 0.768. The summed E-state index contributed by atoms with van der Waals surface area (Å²) in [6.07, 6.45) is -3.27. The van der Waals surface area contributed by atoms with Crippen LogP contribution in [0.2, 0.25) is 0 Å². The van der Waals surface area contributed by atoms with Crippen LogP contribution in [0.4, 0.5) is 13.2 Å². The zero-order valence-corrected chi connectivity index (χ0v) is 11.5. The van der Waals surface area contributed by atoms with Gasteiger partial charge in [-0.25, -0.2) is 0 Å². The molecule has 3 nitrogen and oxygen atoms in total. The minimum absolute atomic E-state index is 0.176. The molecule has 1 aliphatic rings. The normalized spacial score (nSPS) is 21.3. The summed E-state index contributed by atoms with van der Waals surface area (Å²) in [6.45, 7) is 6.27. The van der Waals surface area contributed by atoms with Crippen LogP contribution in [0.15, 0.2) is 0 Å². The van der Waals surface area contributed by atoms with Crippen LogP contribution < -0.4 is 0 Å². The maximum absolute atomic E-state index is 12.6. The summed E-state index contributed by atoms with van der Waals surface area (Å²) in [5, 5.41) is 0. The van der Waals surface area contributed by atoms with E-state index < -0.39 is 12.2 Å². The third-order valence-electron chi connectivity index (χ3n) is 2.84. The van der Waals surface area contributed by atoms with Gasteiger partial charge in [-0.3, -0.25) is 9.69 Å². The highest BCUT2D eigenvalue weighted by Crippen LogP contribution is 2.27. The lowest BCUT2D eigenvalue weighted by atomic mass is 10.1. The molecule has 108 valence electrons. The van der Waals surface area contributed by atoms with E-state index in [1.807, 2.05) is 20.8 Å². The van der Waals surface area contributed by atoms with Crippen LogP contribution in [0.25, 0.3) is 0 Å². The number of carbonyl (C=O) groups excluding carboxylic acids is 1. The van der Waals surface area contributed by atoms with Gasteiger partial charge in [-0.05, 0) is 13.5 Å². The predicted molar refractivity (Wildman–Crippen MR) is 65.3 cm³/mol. The maximum Gasteiger partial charge on any atom is 0.405 e. The van der Waals surface area contributed by atoms with E-state index in [1.165, 1.54) is 16.8 Å². The van der Waals surface area contributed by atoms with Crippen LogP contribution in [0.5, 0.6) is 0 Å². The minimum atomic E-state index is -4.26. The Morgan fingerprint density at radius 1 is 1.28 bits per heavy atom. The molecule has 1 fully saturated rings. The largest absolute Gasteiger partial charge is 0.405 e. The molecule has 0 bridgehead atoms. The molecule has 18 heavy (non-hydrogen) atoms. The summed E-state index contributed by atoms with van der Waals surface area (Å²) in [5.41, 5.74) is 0. The zero-order chi connectivity index (χ0) is 14.3. The number of nitrogens with zero attached hydrogens (tertiary/aromatic N) is 2. The van der Waals surface area contributed by atoms with Crippen molar-refractivity contribution in [3.05, 3.63) is 0 Å². The van der Waals surface area contributed by atoms with Gasteiger partial charge in [0.2, 0.25) is 5.91 Å². The average Bonchev–Trinajstić information content (AvgIpc) is 2.31. The number of piperazine rings is 1. The van der Waals surface area contributed by atoms with Crippen molar-refractivity contribution in [2.75, 3.05) is 26.7 Å². The Morgan fingerprint density at radius 2 is 1.83 bits per heavy atom. The second-order valence-electron chi connectivity index (χ2n) is 4.13. The first-order chi connectivity index (χ1) is 8.36. The van der Waals surface area contributed by atoms with Gasteiger partial charge in [0.05, 0.1) is 0 Å². The van der Waals surface area contributed by atoms with E-state index in [4.69, 9.17) is 0 Å². The van der Waals surface area contributed by atoms with Crippen LogP contribution in [0.3, 0.4) is 0 Å². The standard InChI is InChI=1S/C10H17F3N2O.C2H6/c1-3-4-9(16)15-6-5-14(2)8(7-15)10(11,12)13;1-2/h8H,3-7H2,1-2H3;1-2H3. The Balaban J connectivity index is 0.00000137. The van der Waals surface area contributed by atoms with Gasteiger partial charge in [-0.1, -0.05) is 20.8 Å². The van der Waals surface area contributed by atoms with Crippen LogP contribution in [-0.2, 0) is 4.79 Å². The first kappa shape index (κ1) is 17.2. The molecular formula is C12H23F3N2O. The van der Waals surface area contributed by atoms with Crippen LogP contribution in [-0.4, -0.2) is 54.6 Å². The second-order valence-corrected chi connectivity index (χ2v) is 4.13. The van der Waals surface area contributed by atoms with Crippen molar-refractivity contribution in [3.63, 3.8) is 0 Å². The van der Waals surface area contributed by atoms with Gasteiger partial charge < -0.3 is 4.90 Å². The molecular weight excluding hydrogens is 245 g/mol. The summed E-state index contributed by atoms with van der Waals surface area (Å²) < 4.78 is 37.9. The van der Waals surface area contributed by atoms with E-state index in [2.05, 4.69) is 0 Å². The fourth-order valence-corrected chi connectivity index (χ4v) is 1.83. The predicted octanol–water partition coefficient (Wildman–Crippen LogP) is 2.52. The molecule has 1 aliphatic heterocycles. The van der Waals surface area contributed by atoms with E-state index in [9.17, 15) is 18.0 Å². The second kappa shape index (κ2) is 7.61. The lowest BCUT2D eigenvalue weighted by molar-refractivity contribution is -0.194. The number of rotatable bonds is 2. The highest BCUT2D eigenvalue weighted by molar-refractivity contribution is 5.76. The van der Waals surface area contributed by atoms with E-state index in [0.29, 0.717) is 19.4 Å². The lowest BCUT2D eigenvalue weighted by Gasteiger charge is -2.40. The average molecular weight is 268 g/mol. The summed E-state index contributed by atoms with van der Waals surface area (Å²) in [4.78, 5) is 14.1. The maximum atomic E-state index is 12.6. The summed E-state index contributed by atoms with van der Waals surface area (Å²) in [7, 11) is 1.44. The van der Waals surface area contributed by atoms with Gasteiger partial charge in [-0.15, -0.1) is 0 Å². The molecule has 1 atom stereocenters. The number of likely N-dealkylation sites (N-methyl/N-ethyl adjacent to an activating group) is 1. The Morgan fingerprint density at radius 3 is 2.28 bits per heavy atom. The first-order valence-electron chi connectivity index (χ1n) is 6.41. The molecule has 0 spiro atoms. The number of hydrogen-bond acceptors (Lipinski definition) is 2. The van der Waals surface area contributed by atoms with Gasteiger partial charge in [0, 0.05) is 26.1 Å².